The Bertz CT molecular complexity index is 479. The molecule has 0 spiro atoms. The lowest BCUT2D eigenvalue weighted by molar-refractivity contribution is 0.369. The molecule has 4 nitrogen and oxygen atoms in total. The molecule has 1 aromatic heterocycles. The zero-order chi connectivity index (χ0) is 13.5. The van der Waals surface area contributed by atoms with Crippen LogP contribution in [-0.4, -0.2) is 16.7 Å². The van der Waals surface area contributed by atoms with Gasteiger partial charge in [-0.3, -0.25) is 0 Å². The maximum Gasteiger partial charge on any atom is 0.226 e. The first-order valence-electron chi connectivity index (χ1n) is 6.84. The van der Waals surface area contributed by atoms with Crippen LogP contribution in [0, 0.1) is 5.92 Å². The van der Waals surface area contributed by atoms with Crippen LogP contribution in [0.4, 0.5) is 5.69 Å². The molecule has 0 aliphatic carbocycles. The molecule has 1 heterocycles. The zero-order valence-corrected chi connectivity index (χ0v) is 11.6. The maximum absolute atomic E-state index is 5.23. The van der Waals surface area contributed by atoms with Crippen molar-refractivity contribution in [3.8, 4) is 0 Å². The third kappa shape index (κ3) is 4.73. The van der Waals surface area contributed by atoms with Gasteiger partial charge in [0.15, 0.2) is 5.82 Å². The summed E-state index contributed by atoms with van der Waals surface area (Å²) in [6.45, 7) is 5.21. The second kappa shape index (κ2) is 6.92. The Labute approximate surface area is 114 Å². The molecule has 0 unspecified atom stereocenters. The van der Waals surface area contributed by atoms with Gasteiger partial charge in [0.1, 0.15) is 0 Å². The highest BCUT2D eigenvalue weighted by Gasteiger charge is 2.07. The number of nitrogens with zero attached hydrogens (tertiary/aromatic N) is 2. The molecule has 0 radical (unpaired) electrons. The van der Waals surface area contributed by atoms with Crippen molar-refractivity contribution in [2.75, 3.05) is 11.9 Å². The van der Waals surface area contributed by atoms with Gasteiger partial charge in [-0.15, -0.1) is 0 Å². The van der Waals surface area contributed by atoms with Crippen LogP contribution in [0.25, 0.3) is 0 Å². The van der Waals surface area contributed by atoms with Crippen molar-refractivity contribution in [2.24, 2.45) is 5.92 Å². The molecule has 1 N–H and O–H groups in total. The molecule has 1 aromatic carbocycles. The quantitative estimate of drug-likeness (QED) is 0.775. The summed E-state index contributed by atoms with van der Waals surface area (Å²) < 4.78 is 5.23. The number of nitrogens with one attached hydrogen (secondary N) is 1. The average molecular weight is 259 g/mol. The third-order valence-electron chi connectivity index (χ3n) is 2.77. The van der Waals surface area contributed by atoms with E-state index < -0.39 is 0 Å². The van der Waals surface area contributed by atoms with Crippen molar-refractivity contribution >= 4 is 5.69 Å². The van der Waals surface area contributed by atoms with E-state index in [4.69, 9.17) is 4.52 Å². The van der Waals surface area contributed by atoms with Gasteiger partial charge in [0.05, 0.1) is 0 Å². The smallest absolute Gasteiger partial charge is 0.226 e. The van der Waals surface area contributed by atoms with Gasteiger partial charge in [0, 0.05) is 25.1 Å². The number of benzene rings is 1. The van der Waals surface area contributed by atoms with Crippen LogP contribution >= 0.6 is 0 Å². The average Bonchev–Trinajstić information content (AvgIpc) is 2.83. The van der Waals surface area contributed by atoms with Gasteiger partial charge in [-0.1, -0.05) is 37.2 Å². The van der Waals surface area contributed by atoms with Gasteiger partial charge < -0.3 is 9.84 Å². The van der Waals surface area contributed by atoms with Crippen molar-refractivity contribution in [1.29, 1.82) is 0 Å². The number of hydrogen-bond acceptors (Lipinski definition) is 4. The first kappa shape index (κ1) is 13.6. The minimum atomic E-state index is 0.560. The van der Waals surface area contributed by atoms with E-state index in [1.165, 1.54) is 0 Å². The fourth-order valence-electron chi connectivity index (χ4n) is 1.87. The van der Waals surface area contributed by atoms with Crippen LogP contribution in [0.2, 0.25) is 0 Å². The van der Waals surface area contributed by atoms with E-state index in [2.05, 4.69) is 41.4 Å². The van der Waals surface area contributed by atoms with Crippen LogP contribution in [-0.2, 0) is 12.8 Å². The first-order chi connectivity index (χ1) is 9.24. The summed E-state index contributed by atoms with van der Waals surface area (Å²) in [7, 11) is 0. The molecular weight excluding hydrogens is 238 g/mol. The van der Waals surface area contributed by atoms with Crippen LogP contribution in [0.15, 0.2) is 34.9 Å². The van der Waals surface area contributed by atoms with Gasteiger partial charge in [0.25, 0.3) is 0 Å². The summed E-state index contributed by atoms with van der Waals surface area (Å²) in [4.78, 5) is 4.39. The summed E-state index contributed by atoms with van der Waals surface area (Å²) in [5, 5.41) is 7.35. The molecule has 0 aliphatic heterocycles. The Morgan fingerprint density at radius 1 is 1.21 bits per heavy atom. The van der Waals surface area contributed by atoms with Crippen molar-refractivity contribution in [3.05, 3.63) is 42.0 Å². The molecule has 0 amide bonds. The normalized spacial score (nSPS) is 10.9. The lowest BCUT2D eigenvalue weighted by atomic mass is 10.1. The molecule has 102 valence electrons. The predicted molar refractivity (Wildman–Crippen MR) is 76.1 cm³/mol. The van der Waals surface area contributed by atoms with Crippen LogP contribution in [0.5, 0.6) is 0 Å². The van der Waals surface area contributed by atoms with Crippen LogP contribution < -0.4 is 5.32 Å². The zero-order valence-electron chi connectivity index (χ0n) is 11.6. The lowest BCUT2D eigenvalue weighted by Gasteiger charge is -2.03. The number of rotatable bonds is 7. The Balaban J connectivity index is 1.69. The Morgan fingerprint density at radius 3 is 2.74 bits per heavy atom. The molecule has 0 bridgehead atoms. The second-order valence-corrected chi connectivity index (χ2v) is 5.10. The fourth-order valence-corrected chi connectivity index (χ4v) is 1.87. The van der Waals surface area contributed by atoms with E-state index in [1.807, 2.05) is 18.2 Å². The molecule has 19 heavy (non-hydrogen) atoms. The summed E-state index contributed by atoms with van der Waals surface area (Å²) in [6.07, 6.45) is 2.69. The molecule has 0 saturated carbocycles. The second-order valence-electron chi connectivity index (χ2n) is 5.10. The van der Waals surface area contributed by atoms with Gasteiger partial charge >= 0.3 is 0 Å². The van der Waals surface area contributed by atoms with Gasteiger partial charge in [0.2, 0.25) is 5.89 Å². The monoisotopic (exact) mass is 259 g/mol. The molecule has 0 aliphatic rings. The Hall–Kier alpha value is -1.84. The largest absolute Gasteiger partial charge is 0.385 e. The number of para-hydroxylation sites is 1. The molecule has 0 saturated heterocycles. The highest BCUT2D eigenvalue weighted by Crippen LogP contribution is 2.08. The highest BCUT2D eigenvalue weighted by molar-refractivity contribution is 5.42. The Morgan fingerprint density at radius 2 is 2.00 bits per heavy atom. The highest BCUT2D eigenvalue weighted by atomic mass is 16.5. The number of anilines is 1. The van der Waals surface area contributed by atoms with Gasteiger partial charge in [-0.05, 0) is 24.5 Å². The summed E-state index contributed by atoms with van der Waals surface area (Å²) >= 11 is 0. The molecule has 2 rings (SSSR count). The van der Waals surface area contributed by atoms with Gasteiger partial charge in [-0.25, -0.2) is 0 Å². The van der Waals surface area contributed by atoms with E-state index in [0.717, 1.165) is 43.2 Å². The van der Waals surface area contributed by atoms with Gasteiger partial charge in [-0.2, -0.15) is 4.98 Å². The number of aromatic nitrogens is 2. The minimum absolute atomic E-state index is 0.560. The molecule has 0 atom stereocenters. The standard InChI is InChI=1S/C15H21N3O/c1-12(2)11-14-17-15(19-18-14)9-6-10-16-13-7-4-3-5-8-13/h3-5,7-8,12,16H,6,9-11H2,1-2H3. The van der Waals surface area contributed by atoms with Crippen LogP contribution in [0.3, 0.4) is 0 Å². The van der Waals surface area contributed by atoms with E-state index in [-0.39, 0.29) is 0 Å². The summed E-state index contributed by atoms with van der Waals surface area (Å²) in [5.41, 5.74) is 1.15. The fraction of sp³-hybridized carbons (Fsp3) is 0.467. The van der Waals surface area contributed by atoms with Crippen molar-refractivity contribution < 1.29 is 4.52 Å². The number of hydrogen-bond donors (Lipinski definition) is 1. The predicted octanol–water partition coefficient (Wildman–Crippen LogP) is 3.31. The minimum Gasteiger partial charge on any atom is -0.385 e. The lowest BCUT2D eigenvalue weighted by Crippen LogP contribution is -2.03. The maximum atomic E-state index is 5.23. The molecule has 0 fully saturated rings. The SMILES string of the molecule is CC(C)Cc1noc(CCCNc2ccccc2)n1. The molecular formula is C15H21N3O. The summed E-state index contributed by atoms with van der Waals surface area (Å²) in [6, 6.07) is 10.2. The Kier molecular flexibility index (Phi) is 4.95. The molecule has 4 heteroatoms. The van der Waals surface area contributed by atoms with E-state index in [9.17, 15) is 0 Å². The number of aryl methyl sites for hydroxylation is 1. The van der Waals surface area contributed by atoms with Crippen molar-refractivity contribution in [1.82, 2.24) is 10.1 Å². The third-order valence-corrected chi connectivity index (χ3v) is 2.77. The summed E-state index contributed by atoms with van der Waals surface area (Å²) in [5.74, 6) is 2.12. The van der Waals surface area contributed by atoms with Crippen LogP contribution in [0.1, 0.15) is 32.0 Å². The molecule has 2 aromatic rings. The van der Waals surface area contributed by atoms with E-state index >= 15 is 0 Å². The van der Waals surface area contributed by atoms with E-state index in [0.29, 0.717) is 5.92 Å². The van der Waals surface area contributed by atoms with Crippen molar-refractivity contribution in [2.45, 2.75) is 33.1 Å². The van der Waals surface area contributed by atoms with E-state index in [1.54, 1.807) is 0 Å². The first-order valence-corrected chi connectivity index (χ1v) is 6.84. The topological polar surface area (TPSA) is 51.0 Å². The van der Waals surface area contributed by atoms with Crippen molar-refractivity contribution in [3.63, 3.8) is 0 Å².